The van der Waals surface area contributed by atoms with E-state index in [-0.39, 0.29) is 11.1 Å². The molecule has 0 aromatic heterocycles. The molecule has 0 bridgehead atoms. The van der Waals surface area contributed by atoms with E-state index in [9.17, 15) is 4.79 Å². The van der Waals surface area contributed by atoms with Crippen LogP contribution >= 0.6 is 0 Å². The van der Waals surface area contributed by atoms with Gasteiger partial charge in [0, 0.05) is 6.10 Å². The molecule has 0 saturated carbocycles. The summed E-state index contributed by atoms with van der Waals surface area (Å²) < 4.78 is 6.40. The molecule has 0 saturated heterocycles. The Hall–Kier alpha value is -0.413. The largest absolute Gasteiger partial charge is 0.414 e. The minimum atomic E-state index is -1.67. The molecule has 0 fully saturated rings. The van der Waals surface area contributed by atoms with Crippen LogP contribution in [0.3, 0.4) is 0 Å². The van der Waals surface area contributed by atoms with Crippen LogP contribution in [-0.4, -0.2) is 20.7 Å². The van der Waals surface area contributed by atoms with Gasteiger partial charge in [-0.25, -0.2) is 0 Å². The van der Waals surface area contributed by atoms with E-state index in [4.69, 9.17) is 4.43 Å². The first-order chi connectivity index (χ1) is 8.51. The molecule has 2 atom stereocenters. The van der Waals surface area contributed by atoms with E-state index < -0.39 is 8.32 Å². The van der Waals surface area contributed by atoms with Gasteiger partial charge in [-0.05, 0) is 56.3 Å². The van der Waals surface area contributed by atoms with Gasteiger partial charge in [0.1, 0.15) is 6.29 Å². The Morgan fingerprint density at radius 3 is 2.21 bits per heavy atom. The summed E-state index contributed by atoms with van der Waals surface area (Å²) in [7, 11) is -1.67. The third-order valence-electron chi connectivity index (χ3n) is 4.36. The first-order valence-electron chi connectivity index (χ1n) is 7.31. The standard InChI is InChI=1S/C16H32O2Si/c1-13(12-17)10-9-11-14(2)15(3)18-19(7,8)16(4,5)6/h10,12,14-15H,9,11H2,1-8H3/b13-10+/t14-,15+/m0/s1. The lowest BCUT2D eigenvalue weighted by molar-refractivity contribution is -0.104. The molecule has 0 radical (unpaired) electrons. The molecule has 2 nitrogen and oxygen atoms in total. The van der Waals surface area contributed by atoms with E-state index in [0.29, 0.717) is 5.92 Å². The summed E-state index contributed by atoms with van der Waals surface area (Å²) in [5.41, 5.74) is 0.824. The lowest BCUT2D eigenvalue weighted by Gasteiger charge is -2.40. The lowest BCUT2D eigenvalue weighted by atomic mass is 10.00. The fraction of sp³-hybridized carbons (Fsp3) is 0.812. The summed E-state index contributed by atoms with van der Waals surface area (Å²) >= 11 is 0. The highest BCUT2D eigenvalue weighted by Crippen LogP contribution is 2.38. The second kappa shape index (κ2) is 7.39. The van der Waals surface area contributed by atoms with Gasteiger partial charge in [0.25, 0.3) is 0 Å². The van der Waals surface area contributed by atoms with Crippen molar-refractivity contribution in [3.05, 3.63) is 11.6 Å². The molecule has 0 aromatic rings. The average Bonchev–Trinajstić information content (AvgIpc) is 2.26. The second-order valence-corrected chi connectivity index (χ2v) is 12.0. The molecule has 0 heterocycles. The summed E-state index contributed by atoms with van der Waals surface area (Å²) in [5.74, 6) is 0.518. The van der Waals surface area contributed by atoms with Crippen LogP contribution in [0.15, 0.2) is 11.6 Å². The molecule has 0 unspecified atom stereocenters. The van der Waals surface area contributed by atoms with Crippen molar-refractivity contribution in [2.75, 3.05) is 0 Å². The molecule has 0 aromatic carbocycles. The smallest absolute Gasteiger partial charge is 0.192 e. The zero-order valence-electron chi connectivity index (χ0n) is 14.0. The average molecular weight is 285 g/mol. The highest BCUT2D eigenvalue weighted by atomic mass is 28.4. The Labute approximate surface area is 120 Å². The third-order valence-corrected chi connectivity index (χ3v) is 8.94. The van der Waals surface area contributed by atoms with Gasteiger partial charge >= 0.3 is 0 Å². The minimum Gasteiger partial charge on any atom is -0.414 e. The first-order valence-corrected chi connectivity index (χ1v) is 10.2. The van der Waals surface area contributed by atoms with Crippen LogP contribution in [0.2, 0.25) is 18.1 Å². The quantitative estimate of drug-likeness (QED) is 0.375. The number of hydrogen-bond donors (Lipinski definition) is 0. The van der Waals surface area contributed by atoms with Gasteiger partial charge in [-0.1, -0.05) is 33.8 Å². The molecule has 0 spiro atoms. The Kier molecular flexibility index (Phi) is 7.23. The maximum atomic E-state index is 10.5. The number of carbonyl (C=O) groups excluding carboxylic acids is 1. The van der Waals surface area contributed by atoms with Crippen LogP contribution in [0.25, 0.3) is 0 Å². The minimum absolute atomic E-state index is 0.259. The predicted octanol–water partition coefficient (Wildman–Crippen LogP) is 4.96. The molecule has 0 aliphatic rings. The summed E-state index contributed by atoms with van der Waals surface area (Å²) in [6.45, 7) is 17.7. The summed E-state index contributed by atoms with van der Waals surface area (Å²) in [6.07, 6.45) is 5.24. The molecule has 0 rings (SSSR count). The monoisotopic (exact) mass is 284 g/mol. The Morgan fingerprint density at radius 2 is 1.79 bits per heavy atom. The topological polar surface area (TPSA) is 26.3 Å². The normalized spacial score (nSPS) is 17.2. The number of allylic oxidation sites excluding steroid dienone is 2. The van der Waals surface area contributed by atoms with Crippen molar-refractivity contribution in [2.45, 2.75) is 78.6 Å². The maximum Gasteiger partial charge on any atom is 0.192 e. The third kappa shape index (κ3) is 6.53. The Morgan fingerprint density at radius 1 is 1.26 bits per heavy atom. The van der Waals surface area contributed by atoms with Crippen molar-refractivity contribution in [3.8, 4) is 0 Å². The van der Waals surface area contributed by atoms with Crippen molar-refractivity contribution in [1.82, 2.24) is 0 Å². The Bertz CT molecular complexity index is 313. The van der Waals surface area contributed by atoms with Gasteiger partial charge in [-0.2, -0.15) is 0 Å². The van der Waals surface area contributed by atoms with Crippen LogP contribution in [-0.2, 0) is 9.22 Å². The SMILES string of the molecule is C/C(C=O)=C\CC[C@H](C)[C@@H](C)O[Si](C)(C)C(C)(C)C. The van der Waals surface area contributed by atoms with Crippen LogP contribution in [0, 0.1) is 5.92 Å². The molecular formula is C16H32O2Si. The molecular weight excluding hydrogens is 252 g/mol. The predicted molar refractivity (Wildman–Crippen MR) is 86.0 cm³/mol. The zero-order valence-corrected chi connectivity index (χ0v) is 15.0. The number of hydrogen-bond acceptors (Lipinski definition) is 2. The van der Waals surface area contributed by atoms with Gasteiger partial charge in [0.05, 0.1) is 0 Å². The molecule has 19 heavy (non-hydrogen) atoms. The van der Waals surface area contributed by atoms with Gasteiger partial charge < -0.3 is 4.43 Å². The molecule has 0 aliphatic carbocycles. The van der Waals surface area contributed by atoms with E-state index in [1.807, 2.05) is 13.0 Å². The van der Waals surface area contributed by atoms with E-state index in [0.717, 1.165) is 24.7 Å². The molecule has 3 heteroatoms. The Balaban J connectivity index is 4.35. The zero-order chi connectivity index (χ0) is 15.3. The lowest BCUT2D eigenvalue weighted by Crippen LogP contribution is -2.44. The van der Waals surface area contributed by atoms with E-state index in [1.165, 1.54) is 0 Å². The molecule has 0 aliphatic heterocycles. The van der Waals surface area contributed by atoms with E-state index in [1.54, 1.807) is 0 Å². The summed E-state index contributed by atoms with van der Waals surface area (Å²) in [6, 6.07) is 0. The number of aldehydes is 1. The number of rotatable bonds is 7. The molecule has 0 N–H and O–H groups in total. The van der Waals surface area contributed by atoms with Gasteiger partial charge in [0.2, 0.25) is 0 Å². The van der Waals surface area contributed by atoms with Crippen molar-refractivity contribution in [3.63, 3.8) is 0 Å². The van der Waals surface area contributed by atoms with Crippen molar-refractivity contribution in [1.29, 1.82) is 0 Å². The van der Waals surface area contributed by atoms with Gasteiger partial charge in [-0.3, -0.25) is 4.79 Å². The van der Waals surface area contributed by atoms with E-state index >= 15 is 0 Å². The van der Waals surface area contributed by atoms with Crippen LogP contribution < -0.4 is 0 Å². The summed E-state index contributed by atoms with van der Waals surface area (Å²) in [5, 5.41) is 0.259. The fourth-order valence-electron chi connectivity index (χ4n) is 1.61. The maximum absolute atomic E-state index is 10.5. The second-order valence-electron chi connectivity index (χ2n) is 7.20. The summed E-state index contributed by atoms with van der Waals surface area (Å²) in [4.78, 5) is 10.5. The first kappa shape index (κ1) is 18.6. The van der Waals surface area contributed by atoms with Gasteiger partial charge in [0.15, 0.2) is 8.32 Å². The van der Waals surface area contributed by atoms with Crippen LogP contribution in [0.5, 0.6) is 0 Å². The number of carbonyl (C=O) groups is 1. The van der Waals surface area contributed by atoms with Crippen LogP contribution in [0.1, 0.15) is 54.4 Å². The fourth-order valence-corrected chi connectivity index (χ4v) is 3.13. The molecule has 0 amide bonds. The van der Waals surface area contributed by atoms with Gasteiger partial charge in [-0.15, -0.1) is 0 Å². The van der Waals surface area contributed by atoms with E-state index in [2.05, 4.69) is 47.7 Å². The van der Waals surface area contributed by atoms with Crippen LogP contribution in [0.4, 0.5) is 0 Å². The highest BCUT2D eigenvalue weighted by molar-refractivity contribution is 6.74. The van der Waals surface area contributed by atoms with Crippen molar-refractivity contribution >= 4 is 14.6 Å². The molecule has 112 valence electrons. The van der Waals surface area contributed by atoms with Crippen molar-refractivity contribution in [2.24, 2.45) is 5.92 Å². The highest BCUT2D eigenvalue weighted by Gasteiger charge is 2.38. The van der Waals surface area contributed by atoms with Crippen molar-refractivity contribution < 1.29 is 9.22 Å².